The second kappa shape index (κ2) is 10.1. The Bertz CT molecular complexity index is 1430. The summed E-state index contributed by atoms with van der Waals surface area (Å²) in [4.78, 5) is 12.2. The molecule has 0 unspecified atom stereocenters. The highest BCUT2D eigenvalue weighted by atomic mass is 32.2. The number of benzene rings is 1. The van der Waals surface area contributed by atoms with Crippen LogP contribution in [0.25, 0.3) is 17.2 Å². The Morgan fingerprint density at radius 3 is 2.46 bits per heavy atom. The van der Waals surface area contributed by atoms with Crippen LogP contribution in [0.4, 0.5) is 4.39 Å². The van der Waals surface area contributed by atoms with Crippen molar-refractivity contribution in [1.82, 2.24) is 29.7 Å². The lowest BCUT2D eigenvalue weighted by atomic mass is 10.2. The highest BCUT2D eigenvalue weighted by molar-refractivity contribution is 7.91. The van der Waals surface area contributed by atoms with E-state index < -0.39 is 26.7 Å². The Morgan fingerprint density at radius 1 is 1.00 bits per heavy atom. The third-order valence-electron chi connectivity index (χ3n) is 5.31. The summed E-state index contributed by atoms with van der Waals surface area (Å²) in [5.41, 5.74) is 0.999. The van der Waals surface area contributed by atoms with Gasteiger partial charge in [0.05, 0.1) is 37.6 Å². The molecular weight excluding hydrogens is 475 g/mol. The summed E-state index contributed by atoms with van der Waals surface area (Å²) >= 11 is 0. The maximum Gasteiger partial charge on any atom is 0.213 e. The molecule has 0 saturated carbocycles. The lowest BCUT2D eigenvalue weighted by Crippen LogP contribution is -2.24. The minimum Gasteiger partial charge on any atom is -0.495 e. The van der Waals surface area contributed by atoms with Crippen LogP contribution in [-0.4, -0.2) is 57.6 Å². The SMILES string of the molecule is COc1cccc(-c2nnc(CS(=O)(=O)[C@@H](C)Cc3ncc(F)cn3)n2-c2ccccc2OC)n1. The van der Waals surface area contributed by atoms with Crippen LogP contribution in [0.3, 0.4) is 0 Å². The zero-order valence-electron chi connectivity index (χ0n) is 19.3. The largest absolute Gasteiger partial charge is 0.495 e. The molecule has 0 bridgehead atoms. The van der Waals surface area contributed by atoms with E-state index in [1.54, 1.807) is 54.0 Å². The predicted octanol–water partition coefficient (Wildman–Crippen LogP) is 2.82. The van der Waals surface area contributed by atoms with Crippen molar-refractivity contribution in [3.05, 3.63) is 72.3 Å². The third-order valence-corrected chi connectivity index (χ3v) is 7.36. The van der Waals surface area contributed by atoms with Crippen molar-refractivity contribution in [1.29, 1.82) is 0 Å². The molecule has 4 aromatic rings. The molecule has 35 heavy (non-hydrogen) atoms. The Kier molecular flexibility index (Phi) is 7.01. The van der Waals surface area contributed by atoms with Gasteiger partial charge in [-0.3, -0.25) is 4.57 Å². The molecule has 0 radical (unpaired) electrons. The van der Waals surface area contributed by atoms with Crippen LogP contribution in [-0.2, 0) is 22.0 Å². The van der Waals surface area contributed by atoms with E-state index in [4.69, 9.17) is 9.47 Å². The monoisotopic (exact) mass is 498 g/mol. The molecule has 0 saturated heterocycles. The minimum atomic E-state index is -3.74. The van der Waals surface area contributed by atoms with Gasteiger partial charge in [0.25, 0.3) is 0 Å². The van der Waals surface area contributed by atoms with Crippen LogP contribution in [0, 0.1) is 5.82 Å². The van der Waals surface area contributed by atoms with Crippen LogP contribution in [0.2, 0.25) is 0 Å². The molecule has 12 heteroatoms. The van der Waals surface area contributed by atoms with Crippen molar-refractivity contribution in [3.63, 3.8) is 0 Å². The molecule has 0 aliphatic rings. The van der Waals surface area contributed by atoms with E-state index >= 15 is 0 Å². The highest BCUT2D eigenvalue weighted by Crippen LogP contribution is 2.30. The van der Waals surface area contributed by atoms with E-state index in [0.717, 1.165) is 12.4 Å². The van der Waals surface area contributed by atoms with Crippen molar-refractivity contribution in [2.75, 3.05) is 14.2 Å². The van der Waals surface area contributed by atoms with E-state index in [2.05, 4.69) is 25.1 Å². The number of para-hydroxylation sites is 2. The van der Waals surface area contributed by atoms with E-state index in [0.29, 0.717) is 28.8 Å². The quantitative estimate of drug-likeness (QED) is 0.343. The summed E-state index contributed by atoms with van der Waals surface area (Å²) in [6, 6.07) is 12.3. The van der Waals surface area contributed by atoms with E-state index in [1.807, 2.05) is 0 Å². The second-order valence-corrected chi connectivity index (χ2v) is 10.1. The van der Waals surface area contributed by atoms with Crippen LogP contribution in [0.15, 0.2) is 54.9 Å². The standard InChI is InChI=1S/C23H23FN6O4S/c1-15(11-20-25-12-16(24)13-26-20)35(31,32)14-21-28-29-23(17-7-6-10-22(27-17)34-3)30(21)18-8-4-5-9-19(18)33-2/h4-10,12-13,15H,11,14H2,1-3H3/t15-/m0/s1. The van der Waals surface area contributed by atoms with E-state index in [9.17, 15) is 12.8 Å². The fourth-order valence-corrected chi connectivity index (χ4v) is 4.68. The number of ether oxygens (including phenoxy) is 2. The third kappa shape index (κ3) is 5.27. The summed E-state index contributed by atoms with van der Waals surface area (Å²) in [5.74, 6) is 0.614. The molecule has 182 valence electrons. The Hall–Kier alpha value is -3.93. The molecule has 0 aliphatic carbocycles. The van der Waals surface area contributed by atoms with Crippen molar-refractivity contribution in [2.24, 2.45) is 0 Å². The number of halogens is 1. The summed E-state index contributed by atoms with van der Waals surface area (Å²) < 4.78 is 52.0. The number of hydrogen-bond acceptors (Lipinski definition) is 9. The van der Waals surface area contributed by atoms with Crippen LogP contribution in [0.5, 0.6) is 11.6 Å². The van der Waals surface area contributed by atoms with Crippen LogP contribution >= 0.6 is 0 Å². The molecule has 3 aromatic heterocycles. The van der Waals surface area contributed by atoms with Crippen LogP contribution in [0.1, 0.15) is 18.6 Å². The smallest absolute Gasteiger partial charge is 0.213 e. The van der Waals surface area contributed by atoms with E-state index in [1.165, 1.54) is 14.2 Å². The summed E-state index contributed by atoms with van der Waals surface area (Å²) in [5, 5.41) is 7.61. The molecule has 0 N–H and O–H groups in total. The van der Waals surface area contributed by atoms with E-state index in [-0.39, 0.29) is 18.1 Å². The normalized spacial score (nSPS) is 12.3. The van der Waals surface area contributed by atoms with Gasteiger partial charge in [0, 0.05) is 12.5 Å². The first-order valence-electron chi connectivity index (χ1n) is 10.6. The highest BCUT2D eigenvalue weighted by Gasteiger charge is 2.28. The van der Waals surface area contributed by atoms with Crippen molar-refractivity contribution in [2.45, 2.75) is 24.3 Å². The van der Waals surface area contributed by atoms with Gasteiger partial charge in [-0.1, -0.05) is 18.2 Å². The molecule has 10 nitrogen and oxygen atoms in total. The van der Waals surface area contributed by atoms with Gasteiger partial charge < -0.3 is 9.47 Å². The van der Waals surface area contributed by atoms with Crippen LogP contribution < -0.4 is 9.47 Å². The Morgan fingerprint density at radius 2 is 1.74 bits per heavy atom. The van der Waals surface area contributed by atoms with Gasteiger partial charge in [-0.05, 0) is 25.1 Å². The average Bonchev–Trinajstić information content (AvgIpc) is 3.27. The van der Waals surface area contributed by atoms with Gasteiger partial charge in [0.15, 0.2) is 27.3 Å². The molecule has 3 heterocycles. The van der Waals surface area contributed by atoms with Gasteiger partial charge in [-0.15, -0.1) is 10.2 Å². The maximum absolute atomic E-state index is 13.3. The summed E-state index contributed by atoms with van der Waals surface area (Å²) in [7, 11) is -0.713. The first-order chi connectivity index (χ1) is 16.8. The molecule has 1 aromatic carbocycles. The van der Waals surface area contributed by atoms with Gasteiger partial charge in [0.1, 0.15) is 23.0 Å². The average molecular weight is 499 g/mol. The topological polar surface area (TPSA) is 122 Å². The minimum absolute atomic E-state index is 0.0235. The molecule has 0 amide bonds. The van der Waals surface area contributed by atoms with Crippen molar-refractivity contribution < 1.29 is 22.3 Å². The Labute approximate surface area is 201 Å². The number of pyridine rings is 1. The predicted molar refractivity (Wildman–Crippen MR) is 125 cm³/mol. The molecule has 1 atom stereocenters. The molecule has 0 fully saturated rings. The van der Waals surface area contributed by atoms with Gasteiger partial charge in [-0.25, -0.2) is 27.8 Å². The maximum atomic E-state index is 13.3. The van der Waals surface area contributed by atoms with Gasteiger partial charge in [0.2, 0.25) is 5.88 Å². The summed E-state index contributed by atoms with van der Waals surface area (Å²) in [6.45, 7) is 1.55. The number of sulfone groups is 1. The molecule has 0 spiro atoms. The fraction of sp³-hybridized carbons (Fsp3) is 0.261. The summed E-state index contributed by atoms with van der Waals surface area (Å²) in [6.07, 6.45) is 2.04. The fourth-order valence-electron chi connectivity index (χ4n) is 3.45. The lowest BCUT2D eigenvalue weighted by Gasteiger charge is -2.16. The Balaban J connectivity index is 1.75. The first-order valence-corrected chi connectivity index (χ1v) is 12.3. The van der Waals surface area contributed by atoms with Crippen molar-refractivity contribution in [3.8, 4) is 28.8 Å². The van der Waals surface area contributed by atoms with Gasteiger partial charge in [-0.2, -0.15) is 0 Å². The first kappa shape index (κ1) is 24.2. The molecular formula is C23H23FN6O4S. The lowest BCUT2D eigenvalue weighted by molar-refractivity contribution is 0.398. The number of methoxy groups -OCH3 is 2. The molecule has 0 aliphatic heterocycles. The van der Waals surface area contributed by atoms with Crippen molar-refractivity contribution >= 4 is 9.84 Å². The second-order valence-electron chi connectivity index (χ2n) is 7.65. The zero-order valence-corrected chi connectivity index (χ0v) is 20.1. The zero-order chi connectivity index (χ0) is 25.0. The number of rotatable bonds is 9. The van der Waals surface area contributed by atoms with Gasteiger partial charge >= 0.3 is 0 Å². The number of nitrogens with zero attached hydrogens (tertiary/aromatic N) is 6. The number of hydrogen-bond donors (Lipinski definition) is 0. The number of aromatic nitrogens is 6. The molecule has 4 rings (SSSR count).